The predicted molar refractivity (Wildman–Crippen MR) is 34.1 cm³/mol. The van der Waals surface area contributed by atoms with Crippen molar-refractivity contribution < 1.29 is 0 Å². The highest BCUT2D eigenvalue weighted by molar-refractivity contribution is 7.17. The molecule has 0 bridgehead atoms. The fraction of sp³-hybridized carbons (Fsp3) is 1.00. The Labute approximate surface area is 42.5 Å². The molecular weight excluding hydrogens is 91.0 g/mol. The highest BCUT2D eigenvalue weighted by atomic mass is 31.0. The Morgan fingerprint density at radius 3 is 2.17 bits per heavy atom. The first kappa shape index (κ1) is 6.43. The van der Waals surface area contributed by atoms with Crippen LogP contribution in [0.5, 0.6) is 0 Å². The van der Waals surface area contributed by atoms with E-state index in [0.717, 1.165) is 5.66 Å². The molecule has 0 spiro atoms. The molecule has 0 amide bonds. The molecule has 0 saturated heterocycles. The van der Waals surface area contributed by atoms with Crippen molar-refractivity contribution in [3.63, 3.8) is 0 Å². The molecule has 0 rings (SSSR count). The van der Waals surface area contributed by atoms with Gasteiger partial charge in [0.15, 0.2) is 0 Å². The molecule has 0 fully saturated rings. The molecule has 1 heteroatoms. The lowest BCUT2D eigenvalue weighted by atomic mass is 10.3. The van der Waals surface area contributed by atoms with Crippen molar-refractivity contribution in [2.45, 2.75) is 32.3 Å². The summed E-state index contributed by atoms with van der Waals surface area (Å²) in [6, 6.07) is 0. The average Bonchev–Trinajstić information content (AvgIpc) is 1.35. The van der Waals surface area contributed by atoms with Gasteiger partial charge in [-0.2, -0.15) is 0 Å². The summed E-state index contributed by atoms with van der Waals surface area (Å²) in [5, 5.41) is 0. The van der Waals surface area contributed by atoms with Gasteiger partial charge in [-0.1, -0.05) is 20.3 Å². The van der Waals surface area contributed by atoms with Gasteiger partial charge in [-0.05, 0) is 12.1 Å². The summed E-state index contributed by atoms with van der Waals surface area (Å²) >= 11 is 0. The molecule has 0 radical (unpaired) electrons. The zero-order valence-electron chi connectivity index (χ0n) is 4.57. The summed E-state index contributed by atoms with van der Waals surface area (Å²) in [4.78, 5) is 0. The third-order valence-electron chi connectivity index (χ3n) is 0.744. The smallest absolute Gasteiger partial charge is 0.0293 e. The van der Waals surface area contributed by atoms with Crippen molar-refractivity contribution in [2.75, 3.05) is 0 Å². The molecule has 2 atom stereocenters. The van der Waals surface area contributed by atoms with Crippen LogP contribution >= 0.6 is 9.24 Å². The van der Waals surface area contributed by atoms with Gasteiger partial charge in [0.05, 0.1) is 0 Å². The Kier molecular flexibility index (Phi) is 3.87. The van der Waals surface area contributed by atoms with Crippen LogP contribution in [0.4, 0.5) is 0 Å². The molecule has 6 heavy (non-hydrogen) atoms. The van der Waals surface area contributed by atoms with Crippen LogP contribution in [-0.2, 0) is 0 Å². The third kappa shape index (κ3) is 4.43. The van der Waals surface area contributed by atoms with E-state index in [9.17, 15) is 0 Å². The van der Waals surface area contributed by atoms with E-state index in [1.54, 1.807) is 0 Å². The second-order valence-electron chi connectivity index (χ2n) is 1.77. The summed E-state index contributed by atoms with van der Waals surface area (Å²) in [7, 11) is 2.78. The van der Waals surface area contributed by atoms with Crippen LogP contribution in [0.1, 0.15) is 26.7 Å². The van der Waals surface area contributed by atoms with Crippen LogP contribution in [0.3, 0.4) is 0 Å². The van der Waals surface area contributed by atoms with E-state index >= 15 is 0 Å². The normalized spacial score (nSPS) is 14.5. The van der Waals surface area contributed by atoms with Gasteiger partial charge in [0.2, 0.25) is 0 Å². The lowest BCUT2D eigenvalue weighted by Crippen LogP contribution is -1.84. The van der Waals surface area contributed by atoms with Crippen molar-refractivity contribution >= 4 is 9.24 Å². The number of hydrogen-bond acceptors (Lipinski definition) is 0. The van der Waals surface area contributed by atoms with E-state index in [1.165, 1.54) is 12.8 Å². The van der Waals surface area contributed by atoms with E-state index in [1.807, 2.05) is 0 Å². The van der Waals surface area contributed by atoms with Gasteiger partial charge < -0.3 is 0 Å². The highest BCUT2D eigenvalue weighted by Crippen LogP contribution is 2.04. The Morgan fingerprint density at radius 2 is 2.17 bits per heavy atom. The van der Waals surface area contributed by atoms with Crippen molar-refractivity contribution in [1.29, 1.82) is 0 Å². The standard InChI is InChI=1S/C5H13P/c1-3-4-5(2)6/h5H,3-4,6H2,1-2H3/t5-/m1/s1. The highest BCUT2D eigenvalue weighted by Gasteiger charge is 1.85. The molecule has 0 heterocycles. The molecule has 0 aromatic carbocycles. The second kappa shape index (κ2) is 3.61. The van der Waals surface area contributed by atoms with Gasteiger partial charge >= 0.3 is 0 Å². The predicted octanol–water partition coefficient (Wildman–Crippen LogP) is 2.05. The lowest BCUT2D eigenvalue weighted by Gasteiger charge is -1.95. The molecule has 0 saturated carbocycles. The van der Waals surface area contributed by atoms with Crippen molar-refractivity contribution in [3.8, 4) is 0 Å². The lowest BCUT2D eigenvalue weighted by molar-refractivity contribution is 0.788. The molecular formula is C5H13P. The number of hydrogen-bond donors (Lipinski definition) is 0. The summed E-state index contributed by atoms with van der Waals surface area (Å²) < 4.78 is 0. The summed E-state index contributed by atoms with van der Waals surface area (Å²) in [5.74, 6) is 0. The van der Waals surface area contributed by atoms with Crippen LogP contribution in [0.2, 0.25) is 0 Å². The summed E-state index contributed by atoms with van der Waals surface area (Å²) in [6.07, 6.45) is 2.65. The largest absolute Gasteiger partial charge is 0.135 e. The maximum absolute atomic E-state index is 2.78. The van der Waals surface area contributed by atoms with E-state index in [4.69, 9.17) is 0 Å². The fourth-order valence-corrected chi connectivity index (χ4v) is 0.789. The van der Waals surface area contributed by atoms with E-state index < -0.39 is 0 Å². The minimum Gasteiger partial charge on any atom is -0.135 e. The Hall–Kier alpha value is 0.430. The summed E-state index contributed by atoms with van der Waals surface area (Å²) in [6.45, 7) is 4.43. The van der Waals surface area contributed by atoms with Crippen molar-refractivity contribution in [3.05, 3.63) is 0 Å². The maximum atomic E-state index is 2.78. The first-order chi connectivity index (χ1) is 2.77. The quantitative estimate of drug-likeness (QED) is 0.470. The molecule has 0 aliphatic carbocycles. The molecule has 38 valence electrons. The molecule has 0 aliphatic rings. The second-order valence-corrected chi connectivity index (χ2v) is 2.90. The third-order valence-corrected chi connectivity index (χ3v) is 1.08. The first-order valence-corrected chi connectivity index (χ1v) is 3.19. The topological polar surface area (TPSA) is 0 Å². The Morgan fingerprint density at radius 1 is 1.67 bits per heavy atom. The van der Waals surface area contributed by atoms with Gasteiger partial charge in [-0.15, -0.1) is 9.24 Å². The van der Waals surface area contributed by atoms with Gasteiger partial charge in [-0.25, -0.2) is 0 Å². The monoisotopic (exact) mass is 104 g/mol. The zero-order valence-corrected chi connectivity index (χ0v) is 5.72. The van der Waals surface area contributed by atoms with E-state index in [2.05, 4.69) is 23.1 Å². The summed E-state index contributed by atoms with van der Waals surface area (Å²) in [5.41, 5.74) is 0.815. The van der Waals surface area contributed by atoms with Crippen LogP contribution in [0, 0.1) is 0 Å². The Balaban J connectivity index is 2.63. The van der Waals surface area contributed by atoms with Crippen LogP contribution < -0.4 is 0 Å². The Bertz CT molecular complexity index is 25.1. The molecule has 0 aliphatic heterocycles. The van der Waals surface area contributed by atoms with Gasteiger partial charge in [-0.3, -0.25) is 0 Å². The van der Waals surface area contributed by atoms with Crippen LogP contribution in [-0.4, -0.2) is 5.66 Å². The van der Waals surface area contributed by atoms with Crippen molar-refractivity contribution in [2.24, 2.45) is 0 Å². The molecule has 0 nitrogen and oxygen atoms in total. The first-order valence-electron chi connectivity index (χ1n) is 2.53. The minimum atomic E-state index is 0.815. The SMILES string of the molecule is CCC[C@@H](C)P. The van der Waals surface area contributed by atoms with Crippen LogP contribution in [0.25, 0.3) is 0 Å². The molecule has 0 aromatic rings. The van der Waals surface area contributed by atoms with Crippen LogP contribution in [0.15, 0.2) is 0 Å². The zero-order chi connectivity index (χ0) is 4.99. The number of rotatable bonds is 2. The molecule has 0 N–H and O–H groups in total. The van der Waals surface area contributed by atoms with Gasteiger partial charge in [0.25, 0.3) is 0 Å². The maximum Gasteiger partial charge on any atom is -0.0293 e. The minimum absolute atomic E-state index is 0.815. The van der Waals surface area contributed by atoms with Gasteiger partial charge in [0, 0.05) is 0 Å². The van der Waals surface area contributed by atoms with Gasteiger partial charge in [0.1, 0.15) is 0 Å². The molecule has 0 aromatic heterocycles. The van der Waals surface area contributed by atoms with E-state index in [-0.39, 0.29) is 0 Å². The molecule has 1 unspecified atom stereocenters. The fourth-order valence-electron chi connectivity index (χ4n) is 0.455. The van der Waals surface area contributed by atoms with E-state index in [0.29, 0.717) is 0 Å². The average molecular weight is 104 g/mol. The van der Waals surface area contributed by atoms with Crippen molar-refractivity contribution in [1.82, 2.24) is 0 Å².